The monoisotopic (exact) mass is 318 g/mol. The molecule has 1 N–H and O–H groups in total. The number of aromatic nitrogens is 1. The maximum Gasteiger partial charge on any atom is 0.247 e. The molecule has 2 heterocycles. The lowest BCUT2D eigenvalue weighted by Gasteiger charge is -2.14. The van der Waals surface area contributed by atoms with Crippen LogP contribution >= 0.6 is 0 Å². The third kappa shape index (κ3) is 2.27. The van der Waals surface area contributed by atoms with E-state index < -0.39 is 0 Å². The van der Waals surface area contributed by atoms with Gasteiger partial charge < -0.3 is 14.8 Å². The lowest BCUT2D eigenvalue weighted by molar-refractivity contribution is -0.111. The Bertz CT molecular complexity index is 966. The average Bonchev–Trinajstić information content (AvgIpc) is 3.11. The molecule has 0 saturated heterocycles. The number of carbonyl (C=O) groups is 1. The zero-order valence-corrected chi connectivity index (χ0v) is 12.8. The predicted molar refractivity (Wildman–Crippen MR) is 92.1 cm³/mol. The van der Waals surface area contributed by atoms with Crippen LogP contribution in [-0.2, 0) is 4.79 Å². The van der Waals surface area contributed by atoms with Crippen molar-refractivity contribution in [2.24, 2.45) is 0 Å². The number of rotatable bonds is 3. The Balaban J connectivity index is 1.98. The molecule has 1 aromatic heterocycles. The fraction of sp³-hybridized carbons (Fsp3) is 0.0526. The number of carbonyl (C=O) groups excluding carboxylic acids is 1. The first-order valence-corrected chi connectivity index (χ1v) is 7.48. The number of hydrogen-bond acceptors (Lipinski definition) is 4. The Labute approximate surface area is 138 Å². The Morgan fingerprint density at radius 1 is 1.12 bits per heavy atom. The minimum absolute atomic E-state index is 0.182. The van der Waals surface area contributed by atoms with E-state index in [1.807, 2.05) is 42.5 Å². The van der Waals surface area contributed by atoms with Crippen LogP contribution in [0.25, 0.3) is 22.0 Å². The zero-order valence-electron chi connectivity index (χ0n) is 12.8. The first-order valence-electron chi connectivity index (χ1n) is 7.48. The van der Waals surface area contributed by atoms with Crippen molar-refractivity contribution in [3.63, 3.8) is 0 Å². The fourth-order valence-corrected chi connectivity index (χ4v) is 2.80. The molecule has 5 nitrogen and oxygen atoms in total. The number of pyridine rings is 1. The van der Waals surface area contributed by atoms with E-state index >= 15 is 0 Å². The van der Waals surface area contributed by atoms with E-state index in [0.29, 0.717) is 17.2 Å². The van der Waals surface area contributed by atoms with E-state index in [9.17, 15) is 4.79 Å². The van der Waals surface area contributed by atoms with E-state index in [1.54, 1.807) is 6.20 Å². The molecule has 0 atom stereocenters. The van der Waals surface area contributed by atoms with Crippen molar-refractivity contribution < 1.29 is 14.3 Å². The Morgan fingerprint density at radius 2 is 2.00 bits per heavy atom. The summed E-state index contributed by atoms with van der Waals surface area (Å²) in [5, 5.41) is 3.75. The summed E-state index contributed by atoms with van der Waals surface area (Å²) in [6.45, 7) is 3.71. The molecule has 0 unspecified atom stereocenters. The van der Waals surface area contributed by atoms with Gasteiger partial charge in [-0.2, -0.15) is 0 Å². The first kappa shape index (κ1) is 14.3. The highest BCUT2D eigenvalue weighted by molar-refractivity contribution is 6.10. The Morgan fingerprint density at radius 3 is 2.88 bits per heavy atom. The molecule has 4 rings (SSSR count). The van der Waals surface area contributed by atoms with Crippen LogP contribution in [0.1, 0.15) is 0 Å². The largest absolute Gasteiger partial charge is 0.454 e. The molecule has 0 bridgehead atoms. The second kappa shape index (κ2) is 5.70. The normalized spacial score (nSPS) is 12.2. The highest BCUT2D eigenvalue weighted by Crippen LogP contribution is 2.44. The van der Waals surface area contributed by atoms with Gasteiger partial charge in [0.2, 0.25) is 12.7 Å². The standard InChI is InChI=1S/C19H14N2O3/c1-2-17(22)21-18-13-6-3-4-8-15(13)20-10-14(18)12-7-5-9-16-19(12)24-11-23-16/h2-10H,1,11H2,(H,20,21,22). The number of hydrogen-bond donors (Lipinski definition) is 1. The van der Waals surface area contributed by atoms with E-state index in [-0.39, 0.29) is 12.7 Å². The topological polar surface area (TPSA) is 60.5 Å². The third-order valence-electron chi connectivity index (χ3n) is 3.90. The second-order valence-electron chi connectivity index (χ2n) is 5.30. The number of benzene rings is 2. The van der Waals surface area contributed by atoms with Gasteiger partial charge in [-0.3, -0.25) is 9.78 Å². The molecule has 0 aliphatic carbocycles. The van der Waals surface area contributed by atoms with Crippen molar-refractivity contribution in [3.05, 3.63) is 61.3 Å². The number of nitrogens with one attached hydrogen (secondary N) is 1. The number of amides is 1. The summed E-state index contributed by atoms with van der Waals surface area (Å²) >= 11 is 0. The van der Waals surface area contributed by atoms with Crippen LogP contribution in [0.4, 0.5) is 5.69 Å². The van der Waals surface area contributed by atoms with Crippen LogP contribution in [-0.4, -0.2) is 17.7 Å². The minimum atomic E-state index is -0.280. The van der Waals surface area contributed by atoms with Crippen LogP contribution in [0.3, 0.4) is 0 Å². The van der Waals surface area contributed by atoms with Gasteiger partial charge in [0, 0.05) is 22.7 Å². The van der Waals surface area contributed by atoms with E-state index in [2.05, 4.69) is 16.9 Å². The van der Waals surface area contributed by atoms with Crippen molar-refractivity contribution >= 4 is 22.5 Å². The van der Waals surface area contributed by atoms with Crippen molar-refractivity contribution in [1.29, 1.82) is 0 Å². The molecule has 0 fully saturated rings. The SMILES string of the molecule is C=CC(=O)Nc1c(-c2cccc3c2OCO3)cnc2ccccc12. The highest BCUT2D eigenvalue weighted by Gasteiger charge is 2.21. The maximum absolute atomic E-state index is 11.9. The van der Waals surface area contributed by atoms with E-state index in [4.69, 9.17) is 9.47 Å². The summed E-state index contributed by atoms with van der Waals surface area (Å²) in [6.07, 6.45) is 2.98. The molecule has 0 spiro atoms. The molecule has 2 aromatic carbocycles. The maximum atomic E-state index is 11.9. The molecular formula is C19H14N2O3. The van der Waals surface area contributed by atoms with Gasteiger partial charge in [-0.25, -0.2) is 0 Å². The average molecular weight is 318 g/mol. The zero-order chi connectivity index (χ0) is 16.5. The summed E-state index contributed by atoms with van der Waals surface area (Å²) in [4.78, 5) is 16.4. The molecule has 118 valence electrons. The molecule has 3 aromatic rings. The van der Waals surface area contributed by atoms with Crippen LogP contribution in [0.5, 0.6) is 11.5 Å². The summed E-state index contributed by atoms with van der Waals surface area (Å²) in [5.41, 5.74) is 3.06. The van der Waals surface area contributed by atoms with Gasteiger partial charge in [-0.1, -0.05) is 36.9 Å². The van der Waals surface area contributed by atoms with Gasteiger partial charge in [0.05, 0.1) is 11.2 Å². The number of nitrogens with zero attached hydrogens (tertiary/aromatic N) is 1. The number of para-hydroxylation sites is 2. The summed E-state index contributed by atoms with van der Waals surface area (Å²) in [5.74, 6) is 1.06. The number of anilines is 1. The van der Waals surface area contributed by atoms with Gasteiger partial charge in [0.1, 0.15) is 0 Å². The van der Waals surface area contributed by atoms with Crippen molar-refractivity contribution in [1.82, 2.24) is 4.98 Å². The van der Waals surface area contributed by atoms with Crippen LogP contribution < -0.4 is 14.8 Å². The van der Waals surface area contributed by atoms with Crippen molar-refractivity contribution in [3.8, 4) is 22.6 Å². The molecule has 1 aliphatic rings. The lowest BCUT2D eigenvalue weighted by Crippen LogP contribution is -2.09. The van der Waals surface area contributed by atoms with E-state index in [1.165, 1.54) is 6.08 Å². The fourth-order valence-electron chi connectivity index (χ4n) is 2.80. The van der Waals surface area contributed by atoms with Crippen LogP contribution in [0.2, 0.25) is 0 Å². The molecule has 0 radical (unpaired) electrons. The van der Waals surface area contributed by atoms with Crippen molar-refractivity contribution in [2.45, 2.75) is 0 Å². The van der Waals surface area contributed by atoms with Crippen LogP contribution in [0.15, 0.2) is 61.3 Å². The molecular weight excluding hydrogens is 304 g/mol. The smallest absolute Gasteiger partial charge is 0.247 e. The third-order valence-corrected chi connectivity index (χ3v) is 3.90. The van der Waals surface area contributed by atoms with Gasteiger partial charge >= 0.3 is 0 Å². The Hall–Kier alpha value is -3.34. The summed E-state index contributed by atoms with van der Waals surface area (Å²) in [7, 11) is 0. The molecule has 0 saturated carbocycles. The number of ether oxygens (including phenoxy) is 2. The molecule has 24 heavy (non-hydrogen) atoms. The van der Waals surface area contributed by atoms with Crippen molar-refractivity contribution in [2.75, 3.05) is 12.1 Å². The molecule has 1 aliphatic heterocycles. The quantitative estimate of drug-likeness (QED) is 0.747. The number of fused-ring (bicyclic) bond motifs is 2. The highest BCUT2D eigenvalue weighted by atomic mass is 16.7. The van der Waals surface area contributed by atoms with Gasteiger partial charge in [-0.05, 0) is 18.2 Å². The minimum Gasteiger partial charge on any atom is -0.454 e. The predicted octanol–water partition coefficient (Wildman–Crippen LogP) is 3.76. The summed E-state index contributed by atoms with van der Waals surface area (Å²) in [6, 6.07) is 13.3. The molecule has 1 amide bonds. The second-order valence-corrected chi connectivity index (χ2v) is 5.30. The van der Waals surface area contributed by atoms with E-state index in [0.717, 1.165) is 22.0 Å². The lowest BCUT2D eigenvalue weighted by atomic mass is 10.0. The van der Waals surface area contributed by atoms with Gasteiger partial charge in [0.15, 0.2) is 11.5 Å². The first-order chi connectivity index (χ1) is 11.8. The Kier molecular flexibility index (Phi) is 3.39. The van der Waals surface area contributed by atoms with Gasteiger partial charge in [0.25, 0.3) is 0 Å². The van der Waals surface area contributed by atoms with Gasteiger partial charge in [-0.15, -0.1) is 0 Å². The summed E-state index contributed by atoms with van der Waals surface area (Å²) < 4.78 is 11.0. The molecule has 5 heteroatoms. The van der Waals surface area contributed by atoms with Crippen LogP contribution in [0, 0.1) is 0 Å².